The minimum Gasteiger partial charge on any atom is -0.349 e. The number of nitrogens with one attached hydrogen (secondary N) is 2. The lowest BCUT2D eigenvalue weighted by Gasteiger charge is -2.26. The van der Waals surface area contributed by atoms with E-state index in [0.717, 1.165) is 19.3 Å². The molecule has 7 heteroatoms. The maximum atomic E-state index is 12.6. The van der Waals surface area contributed by atoms with E-state index in [1.165, 1.54) is 17.2 Å². The van der Waals surface area contributed by atoms with Gasteiger partial charge in [0.25, 0.3) is 17.4 Å². The van der Waals surface area contributed by atoms with Gasteiger partial charge in [0.05, 0.1) is 17.8 Å². The Balaban J connectivity index is 1.75. The molecular formula is C18H20N4O3. The molecule has 1 saturated carbocycles. The molecule has 25 heavy (non-hydrogen) atoms. The van der Waals surface area contributed by atoms with E-state index < -0.39 is 11.5 Å². The van der Waals surface area contributed by atoms with Gasteiger partial charge in [-0.05, 0) is 37.5 Å². The van der Waals surface area contributed by atoms with E-state index >= 15 is 0 Å². The summed E-state index contributed by atoms with van der Waals surface area (Å²) in [5.41, 5.74) is 0.424. The normalized spacial score (nSPS) is 13.8. The van der Waals surface area contributed by atoms with Gasteiger partial charge < -0.3 is 15.2 Å². The van der Waals surface area contributed by atoms with Gasteiger partial charge in [-0.3, -0.25) is 19.4 Å². The van der Waals surface area contributed by atoms with Gasteiger partial charge in [-0.25, -0.2) is 0 Å². The van der Waals surface area contributed by atoms with Gasteiger partial charge in [-0.1, -0.05) is 6.07 Å². The van der Waals surface area contributed by atoms with Crippen molar-refractivity contribution in [3.63, 3.8) is 0 Å². The van der Waals surface area contributed by atoms with Crippen molar-refractivity contribution in [1.29, 1.82) is 0 Å². The molecule has 1 aliphatic carbocycles. The molecule has 0 spiro atoms. The van der Waals surface area contributed by atoms with Crippen molar-refractivity contribution in [2.75, 3.05) is 7.05 Å². The molecule has 2 aromatic heterocycles. The molecule has 0 aliphatic heterocycles. The monoisotopic (exact) mass is 340 g/mol. The smallest absolute Gasteiger partial charge is 0.260 e. The molecule has 2 heterocycles. The Morgan fingerprint density at radius 1 is 1.36 bits per heavy atom. The summed E-state index contributed by atoms with van der Waals surface area (Å²) in [6.45, 7) is 0.275. The number of pyridine rings is 2. The zero-order chi connectivity index (χ0) is 17.8. The molecule has 0 aromatic carbocycles. The Bertz CT molecular complexity index is 828. The SMILES string of the molecule is CN(Cc1ccccn1)C(=O)c1cc(C(=O)NC2CCC2)c[nH]c1=O. The van der Waals surface area contributed by atoms with E-state index in [0.29, 0.717) is 5.69 Å². The standard InChI is InChI=1S/C18H20N4O3/c1-22(11-14-5-2-3-8-19-14)18(25)15-9-12(10-20-17(15)24)16(23)21-13-6-4-7-13/h2-3,5,8-10,13H,4,6-7,11H2,1H3,(H,20,24)(H,21,23). The van der Waals surface area contributed by atoms with Crippen LogP contribution in [0.3, 0.4) is 0 Å². The van der Waals surface area contributed by atoms with Gasteiger partial charge in [-0.15, -0.1) is 0 Å². The lowest BCUT2D eigenvalue weighted by atomic mass is 9.93. The number of carbonyl (C=O) groups is 2. The highest BCUT2D eigenvalue weighted by Gasteiger charge is 2.22. The summed E-state index contributed by atoms with van der Waals surface area (Å²) in [6.07, 6.45) is 6.03. The van der Waals surface area contributed by atoms with Gasteiger partial charge in [0.15, 0.2) is 0 Å². The highest BCUT2D eigenvalue weighted by molar-refractivity contribution is 5.99. The van der Waals surface area contributed by atoms with Gasteiger partial charge in [0, 0.05) is 25.5 Å². The second-order valence-corrected chi connectivity index (χ2v) is 6.21. The van der Waals surface area contributed by atoms with Gasteiger partial charge in [0.2, 0.25) is 0 Å². The van der Waals surface area contributed by atoms with Crippen LogP contribution >= 0.6 is 0 Å². The Labute approximate surface area is 145 Å². The molecule has 0 saturated heterocycles. The molecule has 2 N–H and O–H groups in total. The van der Waals surface area contributed by atoms with Gasteiger partial charge in [0.1, 0.15) is 5.56 Å². The molecule has 1 aliphatic rings. The van der Waals surface area contributed by atoms with Crippen molar-refractivity contribution < 1.29 is 9.59 Å². The molecule has 0 radical (unpaired) electrons. The van der Waals surface area contributed by atoms with Crippen molar-refractivity contribution in [1.82, 2.24) is 20.2 Å². The minimum absolute atomic E-state index is 0.0558. The molecule has 0 unspecified atom stereocenters. The number of aromatic nitrogens is 2. The van der Waals surface area contributed by atoms with Crippen molar-refractivity contribution in [2.24, 2.45) is 0 Å². The zero-order valence-corrected chi connectivity index (χ0v) is 14.0. The van der Waals surface area contributed by atoms with E-state index in [1.54, 1.807) is 25.4 Å². The minimum atomic E-state index is -0.516. The Morgan fingerprint density at radius 3 is 2.80 bits per heavy atom. The molecule has 0 atom stereocenters. The molecule has 130 valence electrons. The summed E-state index contributed by atoms with van der Waals surface area (Å²) >= 11 is 0. The maximum absolute atomic E-state index is 12.6. The van der Waals surface area contributed by atoms with Gasteiger partial charge in [-0.2, -0.15) is 0 Å². The van der Waals surface area contributed by atoms with Crippen molar-refractivity contribution >= 4 is 11.8 Å². The number of rotatable bonds is 5. The number of hydrogen-bond donors (Lipinski definition) is 2. The fourth-order valence-electron chi connectivity index (χ4n) is 2.61. The lowest BCUT2D eigenvalue weighted by molar-refractivity contribution is 0.0781. The average Bonchev–Trinajstić information content (AvgIpc) is 2.58. The average molecular weight is 340 g/mol. The van der Waals surface area contributed by atoms with Crippen LogP contribution in [0.15, 0.2) is 41.5 Å². The summed E-state index contributed by atoms with van der Waals surface area (Å²) < 4.78 is 0. The van der Waals surface area contributed by atoms with E-state index in [2.05, 4.69) is 15.3 Å². The summed E-state index contributed by atoms with van der Waals surface area (Å²) in [7, 11) is 1.59. The second kappa shape index (κ2) is 7.29. The molecule has 7 nitrogen and oxygen atoms in total. The first kappa shape index (κ1) is 16.9. The summed E-state index contributed by atoms with van der Waals surface area (Å²) in [6, 6.07) is 6.96. The molecule has 3 rings (SSSR count). The van der Waals surface area contributed by atoms with Crippen LogP contribution in [0.1, 0.15) is 45.7 Å². The third kappa shape index (κ3) is 3.93. The zero-order valence-electron chi connectivity index (χ0n) is 14.0. The highest BCUT2D eigenvalue weighted by Crippen LogP contribution is 2.18. The van der Waals surface area contributed by atoms with Gasteiger partial charge >= 0.3 is 0 Å². The molecule has 0 bridgehead atoms. The number of H-pyrrole nitrogens is 1. The van der Waals surface area contributed by atoms with E-state index in [4.69, 9.17) is 0 Å². The molecule has 2 aromatic rings. The quantitative estimate of drug-likeness (QED) is 0.858. The van der Waals surface area contributed by atoms with E-state index in [1.807, 2.05) is 6.07 Å². The van der Waals surface area contributed by atoms with Crippen LogP contribution in [0.4, 0.5) is 0 Å². The lowest BCUT2D eigenvalue weighted by Crippen LogP contribution is -2.40. The number of carbonyl (C=O) groups excluding carboxylic acids is 2. The third-order valence-electron chi connectivity index (χ3n) is 4.31. The fraction of sp³-hybridized carbons (Fsp3) is 0.333. The fourth-order valence-corrected chi connectivity index (χ4v) is 2.61. The summed E-state index contributed by atoms with van der Waals surface area (Å²) in [5, 5.41) is 2.89. The summed E-state index contributed by atoms with van der Waals surface area (Å²) in [5.74, 6) is -0.729. The third-order valence-corrected chi connectivity index (χ3v) is 4.31. The van der Waals surface area contributed by atoms with Crippen LogP contribution in [0.5, 0.6) is 0 Å². The Morgan fingerprint density at radius 2 is 2.16 bits per heavy atom. The number of nitrogens with zero attached hydrogens (tertiary/aromatic N) is 2. The number of amides is 2. The molecular weight excluding hydrogens is 320 g/mol. The number of hydrogen-bond acceptors (Lipinski definition) is 4. The predicted octanol–water partition coefficient (Wildman–Crippen LogP) is 1.32. The topological polar surface area (TPSA) is 95.2 Å². The van der Waals surface area contributed by atoms with Crippen LogP contribution in [-0.2, 0) is 6.54 Å². The largest absolute Gasteiger partial charge is 0.349 e. The Hall–Kier alpha value is -2.96. The van der Waals surface area contributed by atoms with Crippen molar-refractivity contribution in [3.8, 4) is 0 Å². The highest BCUT2D eigenvalue weighted by atomic mass is 16.2. The first-order chi connectivity index (χ1) is 12.0. The maximum Gasteiger partial charge on any atom is 0.260 e. The van der Waals surface area contributed by atoms with E-state index in [9.17, 15) is 14.4 Å². The number of aromatic amines is 1. The van der Waals surface area contributed by atoms with Crippen molar-refractivity contribution in [3.05, 3.63) is 63.8 Å². The van der Waals surface area contributed by atoms with Crippen LogP contribution in [0.25, 0.3) is 0 Å². The first-order valence-corrected chi connectivity index (χ1v) is 8.23. The van der Waals surface area contributed by atoms with Crippen LogP contribution in [0.2, 0.25) is 0 Å². The Kier molecular flexibility index (Phi) is 4.92. The van der Waals surface area contributed by atoms with Crippen LogP contribution in [-0.4, -0.2) is 39.8 Å². The predicted molar refractivity (Wildman–Crippen MR) is 92.2 cm³/mol. The van der Waals surface area contributed by atoms with Crippen molar-refractivity contribution in [2.45, 2.75) is 31.8 Å². The second-order valence-electron chi connectivity index (χ2n) is 6.21. The van der Waals surface area contributed by atoms with E-state index in [-0.39, 0.29) is 29.6 Å². The van der Waals surface area contributed by atoms with Crippen LogP contribution < -0.4 is 10.9 Å². The first-order valence-electron chi connectivity index (χ1n) is 8.23. The molecule has 2 amide bonds. The van der Waals surface area contributed by atoms with Crippen LogP contribution in [0, 0.1) is 0 Å². The molecule has 1 fully saturated rings. The summed E-state index contributed by atoms with van der Waals surface area (Å²) in [4.78, 5) is 44.9.